The Morgan fingerprint density at radius 2 is 2.23 bits per heavy atom. The monoisotopic (exact) mass is 182 g/mol. The predicted molar refractivity (Wildman–Crippen MR) is 46.9 cm³/mol. The van der Waals surface area contributed by atoms with Crippen LogP contribution < -0.4 is 5.73 Å². The number of hydrogen-bond donors (Lipinski definition) is 1. The van der Waals surface area contributed by atoms with Crippen LogP contribution in [0, 0.1) is 5.92 Å². The number of nitrogens with zero attached hydrogens (tertiary/aromatic N) is 1. The molecule has 4 nitrogen and oxygen atoms in total. The van der Waals surface area contributed by atoms with Gasteiger partial charge in [-0.2, -0.15) is 0 Å². The summed E-state index contributed by atoms with van der Waals surface area (Å²) in [6.07, 6.45) is 2.11. The number of Topliss-reactive ketones (excluding diaryl/α,β-unsaturated/α-hetero) is 1. The first-order chi connectivity index (χ1) is 6.18. The summed E-state index contributed by atoms with van der Waals surface area (Å²) in [7, 11) is 0. The van der Waals surface area contributed by atoms with E-state index in [1.165, 1.54) is 0 Å². The van der Waals surface area contributed by atoms with E-state index in [2.05, 4.69) is 4.90 Å². The van der Waals surface area contributed by atoms with Crippen LogP contribution in [0.2, 0.25) is 0 Å². The summed E-state index contributed by atoms with van der Waals surface area (Å²) in [5.74, 6) is -0.0476. The third-order valence-corrected chi connectivity index (χ3v) is 3.13. The maximum atomic E-state index is 11.4. The molecule has 2 fully saturated rings. The molecule has 0 aliphatic carbocycles. The van der Waals surface area contributed by atoms with Crippen molar-refractivity contribution in [2.75, 3.05) is 13.1 Å². The Labute approximate surface area is 77.1 Å². The van der Waals surface area contributed by atoms with E-state index >= 15 is 0 Å². The minimum Gasteiger partial charge on any atom is -0.369 e. The highest BCUT2D eigenvalue weighted by Crippen LogP contribution is 2.27. The number of carbonyl (C=O) groups excluding carboxylic acids is 2. The van der Waals surface area contributed by atoms with Crippen LogP contribution in [0.3, 0.4) is 0 Å². The van der Waals surface area contributed by atoms with Gasteiger partial charge in [0, 0.05) is 18.9 Å². The van der Waals surface area contributed by atoms with E-state index in [1.807, 2.05) is 0 Å². The average molecular weight is 182 g/mol. The van der Waals surface area contributed by atoms with Crippen molar-refractivity contribution in [2.24, 2.45) is 11.7 Å². The van der Waals surface area contributed by atoms with Gasteiger partial charge in [0.15, 0.2) is 5.78 Å². The zero-order chi connectivity index (χ0) is 9.42. The second-order valence-electron chi connectivity index (χ2n) is 3.89. The number of fused-ring (bicyclic) bond motifs is 1. The second kappa shape index (κ2) is 3.10. The van der Waals surface area contributed by atoms with Gasteiger partial charge in [-0.1, -0.05) is 0 Å². The Morgan fingerprint density at radius 3 is 2.92 bits per heavy atom. The molecular formula is C9H14N2O2. The first kappa shape index (κ1) is 8.69. The summed E-state index contributed by atoms with van der Waals surface area (Å²) in [5.41, 5.74) is 5.23. The van der Waals surface area contributed by atoms with E-state index in [0.29, 0.717) is 12.8 Å². The van der Waals surface area contributed by atoms with Gasteiger partial charge in [-0.3, -0.25) is 14.5 Å². The van der Waals surface area contributed by atoms with E-state index in [9.17, 15) is 9.59 Å². The largest absolute Gasteiger partial charge is 0.369 e. The third-order valence-electron chi connectivity index (χ3n) is 3.13. The normalized spacial score (nSPS) is 34.6. The van der Waals surface area contributed by atoms with Gasteiger partial charge < -0.3 is 5.73 Å². The van der Waals surface area contributed by atoms with Gasteiger partial charge >= 0.3 is 0 Å². The van der Waals surface area contributed by atoms with Crippen LogP contribution in [0.15, 0.2) is 0 Å². The van der Waals surface area contributed by atoms with Gasteiger partial charge in [0.2, 0.25) is 5.91 Å². The molecule has 4 heteroatoms. The Hall–Kier alpha value is -0.900. The smallest absolute Gasteiger partial charge is 0.220 e. The fourth-order valence-corrected chi connectivity index (χ4v) is 2.30. The highest BCUT2D eigenvalue weighted by Gasteiger charge is 2.38. The summed E-state index contributed by atoms with van der Waals surface area (Å²) in [4.78, 5) is 24.5. The van der Waals surface area contributed by atoms with Gasteiger partial charge in [0.1, 0.15) is 0 Å². The molecule has 2 aliphatic heterocycles. The number of rotatable bonds is 1. The van der Waals surface area contributed by atoms with Crippen LogP contribution in [0.4, 0.5) is 0 Å². The molecule has 2 aliphatic rings. The van der Waals surface area contributed by atoms with E-state index < -0.39 is 0 Å². The number of ketones is 1. The van der Waals surface area contributed by atoms with Crippen molar-refractivity contribution in [1.82, 2.24) is 4.90 Å². The molecule has 2 unspecified atom stereocenters. The van der Waals surface area contributed by atoms with Crippen molar-refractivity contribution >= 4 is 11.7 Å². The minimum absolute atomic E-state index is 0.00810. The van der Waals surface area contributed by atoms with Crippen LogP contribution >= 0.6 is 0 Å². The molecule has 2 atom stereocenters. The average Bonchev–Trinajstić information content (AvgIpc) is 2.47. The van der Waals surface area contributed by atoms with Crippen molar-refractivity contribution in [3.05, 3.63) is 0 Å². The molecule has 0 saturated carbocycles. The summed E-state index contributed by atoms with van der Waals surface area (Å²) >= 11 is 0. The van der Waals surface area contributed by atoms with Crippen LogP contribution in [0.1, 0.15) is 19.3 Å². The first-order valence-corrected chi connectivity index (χ1v) is 4.74. The molecule has 2 saturated heterocycles. The molecule has 0 aromatic carbocycles. The fourth-order valence-electron chi connectivity index (χ4n) is 2.30. The number of amides is 1. The van der Waals surface area contributed by atoms with E-state index in [-0.39, 0.29) is 23.7 Å². The Balaban J connectivity index is 2.05. The number of nitrogens with two attached hydrogens (primary N) is 1. The Morgan fingerprint density at radius 1 is 1.46 bits per heavy atom. The molecule has 0 aromatic heterocycles. The van der Waals surface area contributed by atoms with Gasteiger partial charge in [0.25, 0.3) is 0 Å². The molecule has 13 heavy (non-hydrogen) atoms. The number of primary amides is 1. The molecule has 0 radical (unpaired) electrons. The van der Waals surface area contributed by atoms with Crippen LogP contribution in [0.5, 0.6) is 0 Å². The molecule has 2 heterocycles. The quantitative estimate of drug-likeness (QED) is 0.596. The molecule has 0 bridgehead atoms. The third kappa shape index (κ3) is 1.46. The van der Waals surface area contributed by atoms with E-state index in [4.69, 9.17) is 5.73 Å². The van der Waals surface area contributed by atoms with Crippen molar-refractivity contribution in [3.8, 4) is 0 Å². The fraction of sp³-hybridized carbons (Fsp3) is 0.778. The topological polar surface area (TPSA) is 63.4 Å². The molecular weight excluding hydrogens is 168 g/mol. The zero-order valence-corrected chi connectivity index (χ0v) is 7.53. The summed E-state index contributed by atoms with van der Waals surface area (Å²) in [6, 6.07) is -0.00810. The highest BCUT2D eigenvalue weighted by atomic mass is 16.1. The van der Waals surface area contributed by atoms with Crippen LogP contribution in [-0.2, 0) is 9.59 Å². The highest BCUT2D eigenvalue weighted by molar-refractivity contribution is 5.87. The van der Waals surface area contributed by atoms with Crippen molar-refractivity contribution in [3.63, 3.8) is 0 Å². The Kier molecular flexibility index (Phi) is 2.07. The summed E-state index contributed by atoms with van der Waals surface area (Å²) < 4.78 is 0. The number of hydrogen-bond acceptors (Lipinski definition) is 3. The first-order valence-electron chi connectivity index (χ1n) is 4.74. The van der Waals surface area contributed by atoms with Crippen molar-refractivity contribution in [1.29, 1.82) is 0 Å². The lowest BCUT2D eigenvalue weighted by Crippen LogP contribution is -2.44. The van der Waals surface area contributed by atoms with Crippen molar-refractivity contribution < 1.29 is 9.59 Å². The maximum Gasteiger partial charge on any atom is 0.220 e. The zero-order valence-electron chi connectivity index (χ0n) is 7.53. The predicted octanol–water partition coefficient (Wildman–Crippen LogP) is -0.475. The second-order valence-corrected chi connectivity index (χ2v) is 3.89. The van der Waals surface area contributed by atoms with Gasteiger partial charge in [-0.25, -0.2) is 0 Å². The summed E-state index contributed by atoms with van der Waals surface area (Å²) in [6.45, 7) is 1.72. The van der Waals surface area contributed by atoms with E-state index in [0.717, 1.165) is 19.5 Å². The Bertz CT molecular complexity index is 252. The lowest BCUT2D eigenvalue weighted by molar-refractivity contribution is -0.126. The number of carbonyl (C=O) groups is 2. The summed E-state index contributed by atoms with van der Waals surface area (Å²) in [5, 5.41) is 0. The molecule has 0 aromatic rings. The lowest BCUT2D eigenvalue weighted by atomic mass is 9.90. The molecule has 72 valence electrons. The molecule has 2 rings (SSSR count). The standard InChI is InChI=1S/C9H14N2O2/c10-9(13)6-1-3-11-4-2-8(12)7(11)5-6/h6-7H,1-5H2,(H2,10,13). The van der Waals surface area contributed by atoms with Crippen LogP contribution in [0.25, 0.3) is 0 Å². The molecule has 0 spiro atoms. The van der Waals surface area contributed by atoms with Crippen LogP contribution in [-0.4, -0.2) is 35.7 Å². The molecule has 2 N–H and O–H groups in total. The van der Waals surface area contributed by atoms with Gasteiger partial charge in [-0.05, 0) is 19.4 Å². The lowest BCUT2D eigenvalue weighted by Gasteiger charge is -2.32. The van der Waals surface area contributed by atoms with Gasteiger partial charge in [-0.15, -0.1) is 0 Å². The molecule has 1 amide bonds. The maximum absolute atomic E-state index is 11.4. The van der Waals surface area contributed by atoms with Gasteiger partial charge in [0.05, 0.1) is 6.04 Å². The minimum atomic E-state index is -0.251. The van der Waals surface area contributed by atoms with E-state index in [1.54, 1.807) is 0 Å². The SMILES string of the molecule is NC(=O)C1CCN2CCC(=O)C2C1. The van der Waals surface area contributed by atoms with Crippen molar-refractivity contribution in [2.45, 2.75) is 25.3 Å². The number of piperidine rings is 1.